The molecule has 6 heteroatoms. The molecular formula is C13H12N4O2. The molecule has 2 aromatic rings. The van der Waals surface area contributed by atoms with Gasteiger partial charge in [-0.2, -0.15) is 5.10 Å². The van der Waals surface area contributed by atoms with E-state index >= 15 is 0 Å². The number of amides is 1. The van der Waals surface area contributed by atoms with Crippen LogP contribution in [-0.2, 0) is 7.05 Å². The third-order valence-corrected chi connectivity index (χ3v) is 2.25. The first kappa shape index (κ1) is 12.8. The molecule has 0 radical (unpaired) electrons. The first-order valence-corrected chi connectivity index (χ1v) is 5.56. The molecule has 6 nitrogen and oxygen atoms in total. The van der Waals surface area contributed by atoms with Gasteiger partial charge < -0.3 is 10.4 Å². The van der Waals surface area contributed by atoms with Crippen LogP contribution in [0.3, 0.4) is 0 Å². The summed E-state index contributed by atoms with van der Waals surface area (Å²) in [6, 6.07) is 5.09. The number of hydrogen-bond acceptors (Lipinski definition) is 4. The Kier molecular flexibility index (Phi) is 3.90. The van der Waals surface area contributed by atoms with Crippen LogP contribution in [0.2, 0.25) is 0 Å². The highest BCUT2D eigenvalue weighted by Crippen LogP contribution is 2.06. The third kappa shape index (κ3) is 3.40. The minimum atomic E-state index is -0.284. The van der Waals surface area contributed by atoms with E-state index in [1.165, 1.54) is 6.20 Å². The van der Waals surface area contributed by atoms with E-state index in [1.807, 2.05) is 0 Å². The average Bonchev–Trinajstić information content (AvgIpc) is 2.83. The maximum absolute atomic E-state index is 11.9. The molecule has 0 aromatic carbocycles. The number of nitrogens with one attached hydrogen (secondary N) is 1. The molecule has 0 saturated carbocycles. The summed E-state index contributed by atoms with van der Waals surface area (Å²) in [5, 5.41) is 15.2. The molecule has 2 rings (SSSR count). The van der Waals surface area contributed by atoms with Gasteiger partial charge in [0, 0.05) is 13.2 Å². The van der Waals surface area contributed by atoms with Crippen molar-refractivity contribution in [2.24, 2.45) is 7.05 Å². The summed E-state index contributed by atoms with van der Waals surface area (Å²) >= 11 is 0. The van der Waals surface area contributed by atoms with Gasteiger partial charge in [-0.1, -0.05) is 12.0 Å². The maximum Gasteiger partial charge on any atom is 0.260 e. The van der Waals surface area contributed by atoms with E-state index in [0.717, 1.165) is 0 Å². The molecule has 2 aromatic heterocycles. The molecule has 96 valence electrons. The van der Waals surface area contributed by atoms with E-state index in [2.05, 4.69) is 27.2 Å². The maximum atomic E-state index is 11.9. The van der Waals surface area contributed by atoms with Crippen LogP contribution in [0.15, 0.2) is 30.6 Å². The highest BCUT2D eigenvalue weighted by atomic mass is 16.2. The average molecular weight is 256 g/mol. The normalized spacial score (nSPS) is 9.58. The Hall–Kier alpha value is -2.65. The predicted molar refractivity (Wildman–Crippen MR) is 69.4 cm³/mol. The zero-order chi connectivity index (χ0) is 13.7. The number of pyridine rings is 1. The van der Waals surface area contributed by atoms with Crippen molar-refractivity contribution in [2.75, 3.05) is 11.9 Å². The van der Waals surface area contributed by atoms with Gasteiger partial charge in [-0.05, 0) is 18.1 Å². The molecule has 0 atom stereocenters. The molecule has 1 amide bonds. The number of aliphatic hydroxyl groups is 1. The number of hydrogen-bond donors (Lipinski definition) is 2. The van der Waals surface area contributed by atoms with Crippen molar-refractivity contribution in [3.63, 3.8) is 0 Å². The number of aromatic nitrogens is 3. The first-order valence-electron chi connectivity index (χ1n) is 5.56. The van der Waals surface area contributed by atoms with Gasteiger partial charge >= 0.3 is 0 Å². The highest BCUT2D eigenvalue weighted by molar-refractivity contribution is 6.03. The zero-order valence-corrected chi connectivity index (χ0v) is 10.3. The van der Waals surface area contributed by atoms with Crippen LogP contribution >= 0.6 is 0 Å². The Balaban J connectivity index is 2.13. The monoisotopic (exact) mass is 256 g/mol. The van der Waals surface area contributed by atoms with E-state index in [1.54, 1.807) is 36.1 Å². The number of carbonyl (C=O) groups is 1. The van der Waals surface area contributed by atoms with Crippen LogP contribution in [0.25, 0.3) is 0 Å². The number of carbonyl (C=O) groups excluding carboxylic acids is 1. The van der Waals surface area contributed by atoms with Crippen LogP contribution in [0.5, 0.6) is 0 Å². The van der Waals surface area contributed by atoms with Crippen molar-refractivity contribution in [3.05, 3.63) is 41.9 Å². The Bertz CT molecular complexity index is 652. The Labute approximate surface area is 110 Å². The molecule has 0 spiro atoms. The first-order chi connectivity index (χ1) is 9.19. The molecule has 0 unspecified atom stereocenters. The van der Waals surface area contributed by atoms with Crippen LogP contribution < -0.4 is 5.32 Å². The summed E-state index contributed by atoms with van der Waals surface area (Å²) in [6.07, 6.45) is 3.09. The molecule has 2 N–H and O–H groups in total. The van der Waals surface area contributed by atoms with E-state index in [-0.39, 0.29) is 12.5 Å². The minimum absolute atomic E-state index is 0.228. The van der Waals surface area contributed by atoms with Crippen molar-refractivity contribution < 1.29 is 9.90 Å². The van der Waals surface area contributed by atoms with E-state index in [4.69, 9.17) is 5.11 Å². The fourth-order valence-electron chi connectivity index (χ4n) is 1.43. The second-order valence-corrected chi connectivity index (χ2v) is 3.72. The Morgan fingerprint density at radius 3 is 3.05 bits per heavy atom. The Morgan fingerprint density at radius 1 is 1.53 bits per heavy atom. The second-order valence-electron chi connectivity index (χ2n) is 3.72. The second kappa shape index (κ2) is 5.80. The zero-order valence-electron chi connectivity index (χ0n) is 10.3. The van der Waals surface area contributed by atoms with Crippen molar-refractivity contribution in [1.29, 1.82) is 0 Å². The predicted octanol–water partition coefficient (Wildman–Crippen LogP) is 0.411. The van der Waals surface area contributed by atoms with Crippen LogP contribution in [0.1, 0.15) is 16.1 Å². The van der Waals surface area contributed by atoms with E-state index in [0.29, 0.717) is 17.1 Å². The van der Waals surface area contributed by atoms with Gasteiger partial charge in [0.1, 0.15) is 18.1 Å². The SMILES string of the molecule is Cn1cc(C(=O)Nc2cccc(C#CCO)n2)cn1. The van der Waals surface area contributed by atoms with Crippen LogP contribution in [0, 0.1) is 11.8 Å². The van der Waals surface area contributed by atoms with Crippen LogP contribution in [-0.4, -0.2) is 32.4 Å². The summed E-state index contributed by atoms with van der Waals surface area (Å²) < 4.78 is 1.55. The van der Waals surface area contributed by atoms with Crippen LogP contribution in [0.4, 0.5) is 5.82 Å². The third-order valence-electron chi connectivity index (χ3n) is 2.25. The summed E-state index contributed by atoms with van der Waals surface area (Å²) in [5.41, 5.74) is 0.939. The van der Waals surface area contributed by atoms with Gasteiger partial charge in [0.05, 0.1) is 11.8 Å². The molecule has 0 aliphatic heterocycles. The smallest absolute Gasteiger partial charge is 0.260 e. The molecule has 2 heterocycles. The lowest BCUT2D eigenvalue weighted by Crippen LogP contribution is -2.12. The molecule has 0 bridgehead atoms. The number of nitrogens with zero attached hydrogens (tertiary/aromatic N) is 3. The number of aliphatic hydroxyl groups excluding tert-OH is 1. The fraction of sp³-hybridized carbons (Fsp3) is 0.154. The molecule has 0 aliphatic carbocycles. The largest absolute Gasteiger partial charge is 0.384 e. The van der Waals surface area contributed by atoms with Gasteiger partial charge in [-0.15, -0.1) is 0 Å². The lowest BCUT2D eigenvalue weighted by atomic mass is 10.3. The molecule has 19 heavy (non-hydrogen) atoms. The lowest BCUT2D eigenvalue weighted by Gasteiger charge is -2.02. The van der Waals surface area contributed by atoms with Crippen molar-refractivity contribution in [2.45, 2.75) is 0 Å². The van der Waals surface area contributed by atoms with Gasteiger partial charge in [0.15, 0.2) is 0 Å². The van der Waals surface area contributed by atoms with Crippen molar-refractivity contribution in [1.82, 2.24) is 14.8 Å². The van der Waals surface area contributed by atoms with Crippen molar-refractivity contribution in [3.8, 4) is 11.8 Å². The number of rotatable bonds is 2. The topological polar surface area (TPSA) is 80.0 Å². The Morgan fingerprint density at radius 2 is 2.37 bits per heavy atom. The van der Waals surface area contributed by atoms with Gasteiger partial charge in [0.2, 0.25) is 0 Å². The van der Waals surface area contributed by atoms with E-state index < -0.39 is 0 Å². The quantitative estimate of drug-likeness (QED) is 0.763. The van der Waals surface area contributed by atoms with Gasteiger partial charge in [0.25, 0.3) is 5.91 Å². The van der Waals surface area contributed by atoms with Gasteiger partial charge in [-0.3, -0.25) is 9.48 Å². The summed E-state index contributed by atoms with van der Waals surface area (Å²) in [6.45, 7) is -0.228. The molecular weight excluding hydrogens is 244 g/mol. The summed E-state index contributed by atoms with van der Waals surface area (Å²) in [7, 11) is 1.74. The van der Waals surface area contributed by atoms with Gasteiger partial charge in [-0.25, -0.2) is 4.98 Å². The molecule has 0 aliphatic rings. The fourth-order valence-corrected chi connectivity index (χ4v) is 1.43. The minimum Gasteiger partial charge on any atom is -0.384 e. The number of anilines is 1. The summed E-state index contributed by atoms with van der Waals surface area (Å²) in [4.78, 5) is 16.0. The van der Waals surface area contributed by atoms with E-state index in [9.17, 15) is 4.79 Å². The lowest BCUT2D eigenvalue weighted by molar-refractivity contribution is 0.102. The van der Waals surface area contributed by atoms with Crippen molar-refractivity contribution >= 4 is 11.7 Å². The molecule has 0 saturated heterocycles. The standard InChI is InChI=1S/C13H12N4O2/c1-17-9-10(8-14-17)13(19)16-12-6-2-4-11(15-12)5-3-7-18/h2,4,6,8-9,18H,7H2,1H3,(H,15,16,19). The summed E-state index contributed by atoms with van der Waals surface area (Å²) in [5.74, 6) is 5.29. The number of aryl methyl sites for hydroxylation is 1. The highest BCUT2D eigenvalue weighted by Gasteiger charge is 2.08. The molecule has 0 fully saturated rings.